The van der Waals surface area contributed by atoms with Crippen LogP contribution in [-0.4, -0.2) is 44.0 Å². The minimum atomic E-state index is -0.0218. The van der Waals surface area contributed by atoms with Crippen LogP contribution in [0.25, 0.3) is 0 Å². The first-order valence-corrected chi connectivity index (χ1v) is 6.88. The summed E-state index contributed by atoms with van der Waals surface area (Å²) >= 11 is 0. The second-order valence-corrected chi connectivity index (χ2v) is 4.96. The molecule has 2 aromatic rings. The summed E-state index contributed by atoms with van der Waals surface area (Å²) in [7, 11) is 0. The van der Waals surface area contributed by atoms with Crippen molar-refractivity contribution in [3.05, 3.63) is 29.9 Å². The number of rotatable bonds is 3. The zero-order valence-electron chi connectivity index (χ0n) is 11.4. The number of aromatic amines is 1. The molecule has 7 heteroatoms. The molecule has 2 aromatic heterocycles. The van der Waals surface area contributed by atoms with Crippen LogP contribution in [0.1, 0.15) is 47.9 Å². The quantitative estimate of drug-likeness (QED) is 0.914. The first-order valence-electron chi connectivity index (χ1n) is 6.88. The molecule has 3 rings (SSSR count). The van der Waals surface area contributed by atoms with E-state index in [1.54, 1.807) is 6.20 Å². The van der Waals surface area contributed by atoms with E-state index < -0.39 is 0 Å². The van der Waals surface area contributed by atoms with Crippen LogP contribution in [0.5, 0.6) is 0 Å². The van der Waals surface area contributed by atoms with E-state index >= 15 is 0 Å². The number of hydrogen-bond donors (Lipinski definition) is 1. The van der Waals surface area contributed by atoms with Gasteiger partial charge in [-0.1, -0.05) is 12.1 Å². The lowest BCUT2D eigenvalue weighted by Crippen LogP contribution is -2.39. The van der Waals surface area contributed by atoms with Crippen LogP contribution in [0.4, 0.5) is 0 Å². The molecule has 1 fully saturated rings. The molecule has 0 radical (unpaired) electrons. The van der Waals surface area contributed by atoms with Gasteiger partial charge in [-0.25, -0.2) is 4.98 Å². The van der Waals surface area contributed by atoms with Gasteiger partial charge in [-0.3, -0.25) is 4.79 Å². The second-order valence-electron chi connectivity index (χ2n) is 4.96. The van der Waals surface area contributed by atoms with Crippen molar-refractivity contribution in [3.63, 3.8) is 0 Å². The van der Waals surface area contributed by atoms with Crippen LogP contribution in [0, 0.1) is 0 Å². The SMILES string of the molecule is CCc1nc([C@H]2CCCN(C(=O)c3cnc[nH]3)C2)no1. The molecular weight excluding hydrogens is 258 g/mol. The van der Waals surface area contributed by atoms with E-state index in [1.807, 2.05) is 11.8 Å². The summed E-state index contributed by atoms with van der Waals surface area (Å²) in [6.07, 6.45) is 5.73. The number of aryl methyl sites for hydroxylation is 1. The van der Waals surface area contributed by atoms with Gasteiger partial charge in [0.05, 0.1) is 12.5 Å². The van der Waals surface area contributed by atoms with Crippen molar-refractivity contribution in [2.24, 2.45) is 0 Å². The molecule has 1 aliphatic rings. The molecule has 106 valence electrons. The van der Waals surface area contributed by atoms with Gasteiger partial charge < -0.3 is 14.4 Å². The van der Waals surface area contributed by atoms with Gasteiger partial charge in [-0.2, -0.15) is 4.98 Å². The number of nitrogens with one attached hydrogen (secondary N) is 1. The maximum Gasteiger partial charge on any atom is 0.271 e. The largest absolute Gasteiger partial charge is 0.341 e. The highest BCUT2D eigenvalue weighted by Gasteiger charge is 2.28. The number of carbonyl (C=O) groups is 1. The normalized spacial score (nSPS) is 19.2. The average molecular weight is 275 g/mol. The van der Waals surface area contributed by atoms with Crippen molar-refractivity contribution in [2.75, 3.05) is 13.1 Å². The molecule has 1 atom stereocenters. The first-order chi connectivity index (χ1) is 9.78. The van der Waals surface area contributed by atoms with Gasteiger partial charge in [-0.05, 0) is 12.8 Å². The van der Waals surface area contributed by atoms with E-state index in [0.29, 0.717) is 24.0 Å². The third-order valence-electron chi connectivity index (χ3n) is 3.59. The Kier molecular flexibility index (Phi) is 3.49. The molecule has 0 saturated carbocycles. The van der Waals surface area contributed by atoms with Crippen molar-refractivity contribution in [1.82, 2.24) is 25.0 Å². The van der Waals surface area contributed by atoms with Gasteiger partial charge in [0.25, 0.3) is 5.91 Å². The molecule has 1 amide bonds. The smallest absolute Gasteiger partial charge is 0.271 e. The zero-order valence-corrected chi connectivity index (χ0v) is 11.4. The van der Waals surface area contributed by atoms with Gasteiger partial charge in [0.2, 0.25) is 5.89 Å². The fraction of sp³-hybridized carbons (Fsp3) is 0.538. The van der Waals surface area contributed by atoms with Crippen molar-refractivity contribution < 1.29 is 9.32 Å². The summed E-state index contributed by atoms with van der Waals surface area (Å²) in [5, 5.41) is 4.02. The van der Waals surface area contributed by atoms with E-state index in [2.05, 4.69) is 20.1 Å². The maximum atomic E-state index is 12.3. The summed E-state index contributed by atoms with van der Waals surface area (Å²) in [5.41, 5.74) is 0.521. The molecule has 0 aliphatic carbocycles. The minimum absolute atomic E-state index is 0.0218. The number of H-pyrrole nitrogens is 1. The molecule has 0 spiro atoms. The summed E-state index contributed by atoms with van der Waals surface area (Å²) in [6.45, 7) is 3.36. The van der Waals surface area contributed by atoms with E-state index in [-0.39, 0.29) is 11.8 Å². The number of piperidine rings is 1. The summed E-state index contributed by atoms with van der Waals surface area (Å²) in [4.78, 5) is 25.2. The van der Waals surface area contributed by atoms with Crippen molar-refractivity contribution in [2.45, 2.75) is 32.1 Å². The number of amides is 1. The third-order valence-corrected chi connectivity index (χ3v) is 3.59. The molecule has 1 N–H and O–H groups in total. The highest BCUT2D eigenvalue weighted by molar-refractivity contribution is 5.92. The second kappa shape index (κ2) is 5.44. The number of nitrogens with zero attached hydrogens (tertiary/aromatic N) is 4. The van der Waals surface area contributed by atoms with Crippen LogP contribution in [0.2, 0.25) is 0 Å². The Balaban J connectivity index is 1.71. The number of aromatic nitrogens is 4. The predicted molar refractivity (Wildman–Crippen MR) is 70.1 cm³/mol. The van der Waals surface area contributed by atoms with E-state index in [4.69, 9.17) is 4.52 Å². The van der Waals surface area contributed by atoms with Gasteiger partial charge in [0.1, 0.15) is 5.69 Å². The number of likely N-dealkylation sites (tertiary alicyclic amines) is 1. The first kappa shape index (κ1) is 12.8. The predicted octanol–water partition coefficient (Wildman–Crippen LogP) is 1.37. The summed E-state index contributed by atoms with van der Waals surface area (Å²) in [6, 6.07) is 0. The van der Waals surface area contributed by atoms with Crippen LogP contribution in [-0.2, 0) is 6.42 Å². The van der Waals surface area contributed by atoms with E-state index in [1.165, 1.54) is 6.33 Å². The minimum Gasteiger partial charge on any atom is -0.341 e. The van der Waals surface area contributed by atoms with Crippen molar-refractivity contribution in [1.29, 1.82) is 0 Å². The Morgan fingerprint density at radius 2 is 2.50 bits per heavy atom. The van der Waals surface area contributed by atoms with Crippen LogP contribution in [0.3, 0.4) is 0 Å². The van der Waals surface area contributed by atoms with E-state index in [9.17, 15) is 4.79 Å². The number of hydrogen-bond acceptors (Lipinski definition) is 5. The van der Waals surface area contributed by atoms with Gasteiger partial charge >= 0.3 is 0 Å². The summed E-state index contributed by atoms with van der Waals surface area (Å²) in [5.74, 6) is 1.49. The Morgan fingerprint density at radius 1 is 1.60 bits per heavy atom. The Labute approximate surface area is 116 Å². The highest BCUT2D eigenvalue weighted by Crippen LogP contribution is 2.25. The lowest BCUT2D eigenvalue weighted by Gasteiger charge is -2.30. The standard InChI is InChI=1S/C13H17N5O2/c1-2-11-16-12(17-20-11)9-4-3-5-18(7-9)13(19)10-6-14-8-15-10/h6,8-9H,2-5,7H2,1H3,(H,14,15)/t9-/m0/s1. The molecule has 0 aromatic carbocycles. The summed E-state index contributed by atoms with van der Waals surface area (Å²) < 4.78 is 5.15. The number of carbonyl (C=O) groups excluding carboxylic acids is 1. The molecule has 0 unspecified atom stereocenters. The molecular formula is C13H17N5O2. The molecule has 3 heterocycles. The molecule has 7 nitrogen and oxygen atoms in total. The molecule has 1 saturated heterocycles. The van der Waals surface area contributed by atoms with Crippen LogP contribution >= 0.6 is 0 Å². The van der Waals surface area contributed by atoms with Crippen LogP contribution in [0.15, 0.2) is 17.0 Å². The van der Waals surface area contributed by atoms with Crippen LogP contribution < -0.4 is 0 Å². The van der Waals surface area contributed by atoms with E-state index in [0.717, 1.165) is 25.8 Å². The fourth-order valence-electron chi connectivity index (χ4n) is 2.49. The van der Waals surface area contributed by atoms with Gasteiger partial charge in [0.15, 0.2) is 5.82 Å². The van der Waals surface area contributed by atoms with Gasteiger partial charge in [0, 0.05) is 25.4 Å². The van der Waals surface area contributed by atoms with Crippen molar-refractivity contribution in [3.8, 4) is 0 Å². The topological polar surface area (TPSA) is 87.9 Å². The third kappa shape index (κ3) is 2.43. The Morgan fingerprint density at radius 3 is 3.20 bits per heavy atom. The average Bonchev–Trinajstić information content (AvgIpc) is 3.17. The molecule has 1 aliphatic heterocycles. The monoisotopic (exact) mass is 275 g/mol. The maximum absolute atomic E-state index is 12.3. The lowest BCUT2D eigenvalue weighted by molar-refractivity contribution is 0.0698. The highest BCUT2D eigenvalue weighted by atomic mass is 16.5. The molecule has 20 heavy (non-hydrogen) atoms. The zero-order chi connectivity index (χ0) is 13.9. The Hall–Kier alpha value is -2.18. The molecule has 0 bridgehead atoms. The number of imidazole rings is 1. The fourth-order valence-corrected chi connectivity index (χ4v) is 2.49. The van der Waals surface area contributed by atoms with Crippen molar-refractivity contribution >= 4 is 5.91 Å². The Bertz CT molecular complexity index is 577. The van der Waals surface area contributed by atoms with Gasteiger partial charge in [-0.15, -0.1) is 0 Å². The lowest BCUT2D eigenvalue weighted by atomic mass is 9.97.